The molecule has 6 atom stereocenters. The highest BCUT2D eigenvalue weighted by Gasteiger charge is 2.46. The number of rotatable bonds is 3. The smallest absolute Gasteiger partial charge is 0.0352 e. The average Bonchev–Trinajstić information content (AvgIpc) is 2.47. The van der Waals surface area contributed by atoms with Crippen LogP contribution in [0, 0.1) is 35.5 Å². The predicted octanol–water partition coefficient (Wildman–Crippen LogP) is 6.06. The summed E-state index contributed by atoms with van der Waals surface area (Å²) in [5.41, 5.74) is 0. The van der Waals surface area contributed by atoms with Gasteiger partial charge in [0.2, 0.25) is 0 Å². The van der Waals surface area contributed by atoms with E-state index < -0.39 is 0 Å². The number of hydrogen-bond donors (Lipinski definition) is 0. The Morgan fingerprint density at radius 2 is 1.53 bits per heavy atom. The van der Waals surface area contributed by atoms with E-state index in [0.717, 1.165) is 35.5 Å². The second kappa shape index (κ2) is 6.19. The maximum absolute atomic E-state index is 2.47. The second-order valence-electron chi connectivity index (χ2n) is 7.81. The van der Waals surface area contributed by atoms with Crippen molar-refractivity contribution in [1.29, 1.82) is 0 Å². The molecule has 0 nitrogen and oxygen atoms in total. The van der Waals surface area contributed by atoms with Crippen LogP contribution in [-0.2, 0) is 0 Å². The Balaban J connectivity index is 1.73. The van der Waals surface area contributed by atoms with E-state index in [1.807, 2.05) is 0 Å². The molecule has 3 saturated carbocycles. The zero-order valence-corrected chi connectivity index (χ0v) is 13.2. The summed E-state index contributed by atoms with van der Waals surface area (Å²) in [5, 5.41) is 0. The maximum atomic E-state index is 2.47. The van der Waals surface area contributed by atoms with E-state index in [4.69, 9.17) is 0 Å². The normalized spacial score (nSPS) is 46.4. The quantitative estimate of drug-likeness (QED) is 0.580. The van der Waals surface area contributed by atoms with Crippen molar-refractivity contribution < 1.29 is 0 Å². The Morgan fingerprint density at radius 3 is 2.32 bits per heavy atom. The third-order valence-corrected chi connectivity index (χ3v) is 7.10. The van der Waals surface area contributed by atoms with Gasteiger partial charge in [0.25, 0.3) is 0 Å². The van der Waals surface area contributed by atoms with Gasteiger partial charge in [-0.3, -0.25) is 0 Å². The van der Waals surface area contributed by atoms with Crippen LogP contribution in [0.15, 0.2) is 0 Å². The Kier molecular flexibility index (Phi) is 4.54. The lowest BCUT2D eigenvalue weighted by Crippen LogP contribution is -2.44. The summed E-state index contributed by atoms with van der Waals surface area (Å²) in [6.07, 6.45) is 16.9. The molecule has 0 aromatic heterocycles. The molecule has 0 N–H and O–H groups in total. The van der Waals surface area contributed by atoms with Crippen LogP contribution in [0.3, 0.4) is 0 Å². The third-order valence-electron chi connectivity index (χ3n) is 7.10. The van der Waals surface area contributed by atoms with E-state index in [-0.39, 0.29) is 0 Å². The largest absolute Gasteiger partial charge is 0.0654 e. The minimum atomic E-state index is 1.08. The van der Waals surface area contributed by atoms with E-state index >= 15 is 0 Å². The molecule has 0 aliphatic heterocycles. The van der Waals surface area contributed by atoms with Gasteiger partial charge in [0.15, 0.2) is 0 Å². The van der Waals surface area contributed by atoms with Gasteiger partial charge in [-0.05, 0) is 67.6 Å². The van der Waals surface area contributed by atoms with Crippen LogP contribution in [0.1, 0.15) is 84.5 Å². The minimum Gasteiger partial charge on any atom is -0.0654 e. The fourth-order valence-electron chi connectivity index (χ4n) is 6.39. The molecular weight excluding hydrogens is 228 g/mol. The fraction of sp³-hybridized carbons (Fsp3) is 1.00. The van der Waals surface area contributed by atoms with Gasteiger partial charge in [0, 0.05) is 0 Å². The van der Waals surface area contributed by atoms with E-state index in [1.54, 1.807) is 44.9 Å². The zero-order chi connectivity index (χ0) is 13.2. The molecule has 0 bridgehead atoms. The zero-order valence-electron chi connectivity index (χ0n) is 13.2. The molecule has 3 unspecified atom stereocenters. The van der Waals surface area contributed by atoms with Crippen LogP contribution in [0.25, 0.3) is 0 Å². The average molecular weight is 262 g/mol. The van der Waals surface area contributed by atoms with Crippen LogP contribution in [0.2, 0.25) is 0 Å². The first kappa shape index (κ1) is 14.0. The van der Waals surface area contributed by atoms with Crippen molar-refractivity contribution in [2.45, 2.75) is 84.5 Å². The highest BCUT2D eigenvalue weighted by Crippen LogP contribution is 2.55. The standard InChI is InChI=1S/C19H34/c1-3-7-14-10-13-19-17-9-6-5-8-15(17)11-12-18(19)16(14)4-2/h14-19H,3-13H2,1-2H3/t14-,15-,16?,17?,18-,19?/m1/s1. The molecule has 19 heavy (non-hydrogen) atoms. The van der Waals surface area contributed by atoms with Gasteiger partial charge in [-0.2, -0.15) is 0 Å². The molecule has 3 fully saturated rings. The van der Waals surface area contributed by atoms with Crippen molar-refractivity contribution in [2.75, 3.05) is 0 Å². The van der Waals surface area contributed by atoms with E-state index in [0.29, 0.717) is 0 Å². The van der Waals surface area contributed by atoms with Crippen molar-refractivity contribution in [2.24, 2.45) is 35.5 Å². The molecule has 3 rings (SSSR count). The topological polar surface area (TPSA) is 0 Å². The van der Waals surface area contributed by atoms with Crippen LogP contribution in [0.5, 0.6) is 0 Å². The van der Waals surface area contributed by atoms with Gasteiger partial charge >= 0.3 is 0 Å². The van der Waals surface area contributed by atoms with Crippen molar-refractivity contribution in [3.63, 3.8) is 0 Å². The summed E-state index contributed by atoms with van der Waals surface area (Å²) in [5.74, 6) is 6.70. The summed E-state index contributed by atoms with van der Waals surface area (Å²) in [7, 11) is 0. The Labute approximate surface area is 120 Å². The summed E-state index contributed by atoms with van der Waals surface area (Å²) in [6, 6.07) is 0. The number of fused-ring (bicyclic) bond motifs is 3. The molecule has 0 radical (unpaired) electrons. The second-order valence-corrected chi connectivity index (χ2v) is 7.81. The lowest BCUT2D eigenvalue weighted by Gasteiger charge is -2.53. The van der Waals surface area contributed by atoms with E-state index in [9.17, 15) is 0 Å². The van der Waals surface area contributed by atoms with Crippen molar-refractivity contribution in [3.05, 3.63) is 0 Å². The molecule has 0 amide bonds. The first-order valence-corrected chi connectivity index (χ1v) is 9.35. The molecule has 0 aromatic rings. The van der Waals surface area contributed by atoms with Crippen molar-refractivity contribution in [1.82, 2.24) is 0 Å². The molecule has 3 aliphatic carbocycles. The van der Waals surface area contributed by atoms with Crippen LogP contribution >= 0.6 is 0 Å². The lowest BCUT2D eigenvalue weighted by molar-refractivity contribution is -0.0308. The molecule has 0 aromatic carbocycles. The van der Waals surface area contributed by atoms with Crippen molar-refractivity contribution >= 4 is 0 Å². The Hall–Kier alpha value is 0. The SMILES string of the molecule is CCC[C@@H]1CCC2C3CCCC[C@@H]3CC[C@@H]2C1CC. The van der Waals surface area contributed by atoms with Gasteiger partial charge in [0.05, 0.1) is 0 Å². The molecule has 0 heterocycles. The summed E-state index contributed by atoms with van der Waals surface area (Å²) < 4.78 is 0. The van der Waals surface area contributed by atoms with Crippen LogP contribution in [0.4, 0.5) is 0 Å². The predicted molar refractivity (Wildman–Crippen MR) is 83.1 cm³/mol. The Bertz CT molecular complexity index is 282. The molecule has 0 saturated heterocycles. The highest BCUT2D eigenvalue weighted by molar-refractivity contribution is 4.96. The molecule has 0 heteroatoms. The monoisotopic (exact) mass is 262 g/mol. The van der Waals surface area contributed by atoms with E-state index in [2.05, 4.69) is 13.8 Å². The van der Waals surface area contributed by atoms with E-state index in [1.165, 1.54) is 25.7 Å². The molecular formula is C19H34. The van der Waals surface area contributed by atoms with Crippen LogP contribution < -0.4 is 0 Å². The molecule has 0 spiro atoms. The van der Waals surface area contributed by atoms with Crippen molar-refractivity contribution in [3.8, 4) is 0 Å². The lowest BCUT2D eigenvalue weighted by atomic mass is 9.52. The number of hydrogen-bond acceptors (Lipinski definition) is 0. The van der Waals surface area contributed by atoms with Crippen LogP contribution in [-0.4, -0.2) is 0 Å². The highest BCUT2D eigenvalue weighted by atomic mass is 14.5. The summed E-state index contributed by atoms with van der Waals surface area (Å²) in [6.45, 7) is 4.86. The molecule has 3 aliphatic rings. The summed E-state index contributed by atoms with van der Waals surface area (Å²) in [4.78, 5) is 0. The maximum Gasteiger partial charge on any atom is -0.0352 e. The first-order chi connectivity index (χ1) is 9.35. The van der Waals surface area contributed by atoms with Gasteiger partial charge in [-0.25, -0.2) is 0 Å². The third kappa shape index (κ3) is 2.61. The van der Waals surface area contributed by atoms with Gasteiger partial charge < -0.3 is 0 Å². The summed E-state index contributed by atoms with van der Waals surface area (Å²) >= 11 is 0. The minimum absolute atomic E-state index is 1.08. The van der Waals surface area contributed by atoms with Gasteiger partial charge in [-0.15, -0.1) is 0 Å². The fourth-order valence-corrected chi connectivity index (χ4v) is 6.39. The Morgan fingerprint density at radius 1 is 0.737 bits per heavy atom. The van der Waals surface area contributed by atoms with Gasteiger partial charge in [0.1, 0.15) is 0 Å². The molecule has 110 valence electrons. The first-order valence-electron chi connectivity index (χ1n) is 9.35. The van der Waals surface area contributed by atoms with Gasteiger partial charge in [-0.1, -0.05) is 52.4 Å².